The second-order valence-electron chi connectivity index (χ2n) is 6.59. The van der Waals surface area contributed by atoms with E-state index in [1.807, 2.05) is 49.4 Å². The van der Waals surface area contributed by atoms with Crippen LogP contribution in [0.2, 0.25) is 0 Å². The minimum Gasteiger partial charge on any atom is -0.481 e. The van der Waals surface area contributed by atoms with Crippen molar-refractivity contribution >= 4 is 22.5 Å². The maximum atomic E-state index is 12.6. The Morgan fingerprint density at radius 2 is 2.00 bits per heavy atom. The molecule has 0 atom stereocenters. The second-order valence-corrected chi connectivity index (χ2v) is 6.59. The Kier molecular flexibility index (Phi) is 6.64. The minimum absolute atomic E-state index is 0.168. The van der Waals surface area contributed by atoms with Crippen molar-refractivity contribution in [1.29, 1.82) is 0 Å². The molecule has 0 aliphatic heterocycles. The number of nitrogens with zero attached hydrogens (tertiary/aromatic N) is 1. The molecule has 0 spiro atoms. The number of amides is 1. The van der Waals surface area contributed by atoms with Gasteiger partial charge in [0, 0.05) is 34.8 Å². The summed E-state index contributed by atoms with van der Waals surface area (Å²) >= 11 is 0. The lowest BCUT2D eigenvalue weighted by Gasteiger charge is -2.08. The quantitative estimate of drug-likeness (QED) is 0.468. The maximum Gasteiger partial charge on any atom is 0.255 e. The Morgan fingerprint density at radius 3 is 2.86 bits per heavy atom. The van der Waals surface area contributed by atoms with Crippen LogP contribution in [0.5, 0.6) is 5.75 Å². The normalized spacial score (nSPS) is 10.2. The average Bonchev–Trinajstić information content (AvgIpc) is 2.70. The number of rotatable bonds is 6. The molecule has 1 heterocycles. The lowest BCUT2D eigenvalue weighted by atomic mass is 10.1. The first-order valence-electron chi connectivity index (χ1n) is 9.53. The van der Waals surface area contributed by atoms with Crippen LogP contribution in [0.4, 0.5) is 5.69 Å². The first-order chi connectivity index (χ1) is 13.7. The van der Waals surface area contributed by atoms with Gasteiger partial charge in [-0.15, -0.1) is 0 Å². The first kappa shape index (κ1) is 19.4. The number of aromatic nitrogens is 1. The van der Waals surface area contributed by atoms with Gasteiger partial charge in [-0.25, -0.2) is 0 Å². The van der Waals surface area contributed by atoms with Crippen LogP contribution in [0.25, 0.3) is 10.9 Å². The third-order valence-electron chi connectivity index (χ3n) is 4.27. The largest absolute Gasteiger partial charge is 0.481 e. The van der Waals surface area contributed by atoms with Crippen LogP contribution >= 0.6 is 0 Å². The van der Waals surface area contributed by atoms with Crippen molar-refractivity contribution in [2.75, 3.05) is 11.9 Å². The second kappa shape index (κ2) is 9.57. The number of fused-ring (bicyclic) bond motifs is 1. The van der Waals surface area contributed by atoms with Crippen molar-refractivity contribution in [2.45, 2.75) is 33.1 Å². The summed E-state index contributed by atoms with van der Waals surface area (Å²) in [5.74, 6) is 6.62. The minimum atomic E-state index is -0.168. The van der Waals surface area contributed by atoms with Gasteiger partial charge in [0.1, 0.15) is 12.4 Å². The van der Waals surface area contributed by atoms with Crippen LogP contribution in [0.1, 0.15) is 42.2 Å². The molecule has 1 aromatic heterocycles. The van der Waals surface area contributed by atoms with Crippen LogP contribution < -0.4 is 10.1 Å². The Balaban J connectivity index is 1.63. The molecule has 4 heteroatoms. The molecule has 0 unspecified atom stereocenters. The molecular formula is C24H24N2O2. The van der Waals surface area contributed by atoms with Gasteiger partial charge in [-0.2, -0.15) is 0 Å². The monoisotopic (exact) mass is 372 g/mol. The number of unbranched alkanes of at least 4 members (excludes halogenated alkanes) is 2. The van der Waals surface area contributed by atoms with Crippen molar-refractivity contribution in [1.82, 2.24) is 4.98 Å². The maximum absolute atomic E-state index is 12.6. The van der Waals surface area contributed by atoms with Crippen molar-refractivity contribution < 1.29 is 9.53 Å². The number of carbonyl (C=O) groups is 1. The molecule has 0 fully saturated rings. The van der Waals surface area contributed by atoms with Gasteiger partial charge < -0.3 is 10.1 Å². The van der Waals surface area contributed by atoms with Crippen LogP contribution in [-0.4, -0.2) is 17.5 Å². The molecule has 0 bridgehead atoms. The molecule has 1 amide bonds. The summed E-state index contributed by atoms with van der Waals surface area (Å²) in [6, 6.07) is 16.8. The van der Waals surface area contributed by atoms with Gasteiger partial charge in [0.15, 0.2) is 0 Å². The van der Waals surface area contributed by atoms with E-state index in [0.717, 1.165) is 35.9 Å². The molecule has 0 radical (unpaired) electrons. The van der Waals surface area contributed by atoms with Crippen LogP contribution in [0.3, 0.4) is 0 Å². The standard InChI is InChI=1S/C24H24N2O2/c1-3-4-5-6-7-15-28-22-10-8-9-21(17-22)26-24(27)20-13-14-23-19(16-20)12-11-18(2)25-23/h8-14,16-17H,3-5,15H2,1-2H3,(H,26,27). The molecule has 3 rings (SSSR count). The van der Waals surface area contributed by atoms with Crippen molar-refractivity contribution in [3.8, 4) is 17.6 Å². The number of hydrogen-bond donors (Lipinski definition) is 1. The lowest BCUT2D eigenvalue weighted by molar-refractivity contribution is 0.102. The lowest BCUT2D eigenvalue weighted by Crippen LogP contribution is -2.12. The summed E-state index contributed by atoms with van der Waals surface area (Å²) in [6.07, 6.45) is 3.15. The molecule has 0 saturated heterocycles. The number of hydrogen-bond acceptors (Lipinski definition) is 3. The zero-order valence-corrected chi connectivity index (χ0v) is 16.3. The Labute approximate surface area is 165 Å². The van der Waals surface area contributed by atoms with Crippen LogP contribution in [0.15, 0.2) is 54.6 Å². The van der Waals surface area contributed by atoms with Crippen LogP contribution in [-0.2, 0) is 0 Å². The zero-order chi connectivity index (χ0) is 19.8. The topological polar surface area (TPSA) is 51.2 Å². The van der Waals surface area contributed by atoms with E-state index in [2.05, 4.69) is 29.1 Å². The highest BCUT2D eigenvalue weighted by Gasteiger charge is 2.08. The summed E-state index contributed by atoms with van der Waals surface area (Å²) in [7, 11) is 0. The number of aryl methyl sites for hydroxylation is 1. The van der Waals surface area contributed by atoms with E-state index in [4.69, 9.17) is 4.74 Å². The van der Waals surface area contributed by atoms with E-state index in [1.54, 1.807) is 12.1 Å². The third kappa shape index (κ3) is 5.34. The highest BCUT2D eigenvalue weighted by Crippen LogP contribution is 2.19. The fraction of sp³-hybridized carbons (Fsp3) is 0.250. The molecular weight excluding hydrogens is 348 g/mol. The van der Waals surface area contributed by atoms with Crippen molar-refractivity contribution in [3.63, 3.8) is 0 Å². The number of anilines is 1. The van der Waals surface area contributed by atoms with Gasteiger partial charge in [-0.05, 0) is 49.7 Å². The highest BCUT2D eigenvalue weighted by molar-refractivity contribution is 6.06. The van der Waals surface area contributed by atoms with Gasteiger partial charge in [0.25, 0.3) is 5.91 Å². The summed E-state index contributed by atoms with van der Waals surface area (Å²) < 4.78 is 5.65. The Bertz CT molecular complexity index is 1030. The summed E-state index contributed by atoms with van der Waals surface area (Å²) in [5, 5.41) is 3.86. The van der Waals surface area contributed by atoms with Gasteiger partial charge >= 0.3 is 0 Å². The zero-order valence-electron chi connectivity index (χ0n) is 16.3. The summed E-state index contributed by atoms with van der Waals surface area (Å²) in [4.78, 5) is 17.1. The van der Waals surface area contributed by atoms with Crippen molar-refractivity contribution in [2.24, 2.45) is 0 Å². The number of nitrogens with one attached hydrogen (secondary N) is 1. The predicted octanol–water partition coefficient (Wildman–Crippen LogP) is 5.37. The number of benzene rings is 2. The van der Waals surface area contributed by atoms with E-state index < -0.39 is 0 Å². The molecule has 0 aliphatic rings. The van der Waals surface area contributed by atoms with Gasteiger partial charge in [0.05, 0.1) is 5.52 Å². The smallest absolute Gasteiger partial charge is 0.255 e. The van der Waals surface area contributed by atoms with E-state index in [-0.39, 0.29) is 5.91 Å². The molecule has 1 N–H and O–H groups in total. The summed E-state index contributed by atoms with van der Waals surface area (Å²) in [5.41, 5.74) is 3.11. The molecule has 0 saturated carbocycles. The molecule has 142 valence electrons. The number of ether oxygens (including phenoxy) is 1. The van der Waals surface area contributed by atoms with E-state index in [9.17, 15) is 4.79 Å². The predicted molar refractivity (Wildman–Crippen MR) is 114 cm³/mol. The molecule has 4 nitrogen and oxygen atoms in total. The van der Waals surface area contributed by atoms with Crippen molar-refractivity contribution in [3.05, 3.63) is 65.9 Å². The van der Waals surface area contributed by atoms with Gasteiger partial charge in [-0.3, -0.25) is 9.78 Å². The summed E-state index contributed by atoms with van der Waals surface area (Å²) in [6.45, 7) is 4.44. The highest BCUT2D eigenvalue weighted by atomic mass is 16.5. The first-order valence-corrected chi connectivity index (χ1v) is 9.53. The number of pyridine rings is 1. The van der Waals surface area contributed by atoms with E-state index in [0.29, 0.717) is 23.6 Å². The SMILES string of the molecule is CCCCC#CCOc1cccc(NC(=O)c2ccc3nc(C)ccc3c2)c1. The molecule has 3 aromatic rings. The van der Waals surface area contributed by atoms with Crippen LogP contribution in [0, 0.1) is 18.8 Å². The van der Waals surface area contributed by atoms with E-state index in [1.165, 1.54) is 0 Å². The van der Waals surface area contributed by atoms with Gasteiger partial charge in [-0.1, -0.05) is 37.3 Å². The fourth-order valence-electron chi connectivity index (χ4n) is 2.76. The average molecular weight is 372 g/mol. The Morgan fingerprint density at radius 1 is 1.11 bits per heavy atom. The molecule has 2 aromatic carbocycles. The fourth-order valence-corrected chi connectivity index (χ4v) is 2.76. The van der Waals surface area contributed by atoms with E-state index >= 15 is 0 Å². The molecule has 28 heavy (non-hydrogen) atoms. The third-order valence-corrected chi connectivity index (χ3v) is 4.27. The van der Waals surface area contributed by atoms with Gasteiger partial charge in [0.2, 0.25) is 0 Å². The molecule has 0 aliphatic carbocycles. The Hall–Kier alpha value is -3.32. The number of carbonyl (C=O) groups excluding carboxylic acids is 1.